The summed E-state index contributed by atoms with van der Waals surface area (Å²) >= 11 is 5.88. The number of nitrogens with one attached hydrogen (secondary N) is 3. The molecule has 1 aromatic heterocycles. The van der Waals surface area contributed by atoms with Crippen LogP contribution in [-0.2, 0) is 10.0 Å². The molecular weight excluding hydrogens is 430 g/mol. The standard InChI is InChI=1S/C19H14ClN5O4S/c20-12-2-1-3-13(9-12)24-30(28,29)14-5-7-18(26)17(10-14)21-19(27)11-4-6-15-16(8-11)23-25-22-15/h1-10,24,26H,(H,21,27)(H,22,23,25). The molecule has 0 fully saturated rings. The predicted octanol–water partition coefficient (Wildman–Crippen LogP) is 3.37. The number of nitrogens with zero attached hydrogens (tertiary/aromatic N) is 2. The summed E-state index contributed by atoms with van der Waals surface area (Å²) in [5.41, 5.74) is 1.57. The molecule has 0 radical (unpaired) electrons. The number of phenolic OH excluding ortho intramolecular Hbond substituents is 1. The van der Waals surface area contributed by atoms with E-state index < -0.39 is 15.9 Å². The van der Waals surface area contributed by atoms with Gasteiger partial charge in [0.05, 0.1) is 16.3 Å². The average Bonchev–Trinajstić information content (AvgIpc) is 3.17. The van der Waals surface area contributed by atoms with Gasteiger partial charge in [0.1, 0.15) is 16.8 Å². The fraction of sp³-hybridized carbons (Fsp3) is 0. The van der Waals surface area contributed by atoms with Crippen LogP contribution in [0, 0.1) is 0 Å². The molecule has 0 aliphatic heterocycles. The van der Waals surface area contributed by atoms with E-state index in [9.17, 15) is 18.3 Å². The van der Waals surface area contributed by atoms with Crippen LogP contribution in [0.25, 0.3) is 11.0 Å². The van der Waals surface area contributed by atoms with Gasteiger partial charge in [-0.05, 0) is 54.6 Å². The topological polar surface area (TPSA) is 137 Å². The molecule has 30 heavy (non-hydrogen) atoms. The summed E-state index contributed by atoms with van der Waals surface area (Å²) in [7, 11) is -3.98. The van der Waals surface area contributed by atoms with Gasteiger partial charge in [-0.3, -0.25) is 9.52 Å². The SMILES string of the molecule is O=C(Nc1cc(S(=O)(=O)Nc2cccc(Cl)c2)ccc1O)c1ccc2n[nH]nc2c1. The minimum absolute atomic E-state index is 0.0609. The van der Waals surface area contributed by atoms with Crippen LogP contribution in [0.1, 0.15) is 10.4 Å². The molecule has 0 aliphatic carbocycles. The maximum Gasteiger partial charge on any atom is 0.261 e. The minimum Gasteiger partial charge on any atom is -0.506 e. The lowest BCUT2D eigenvalue weighted by Gasteiger charge is -2.12. The molecule has 1 heterocycles. The number of hydrogen-bond acceptors (Lipinski definition) is 6. The van der Waals surface area contributed by atoms with Crippen molar-refractivity contribution in [2.75, 3.05) is 10.0 Å². The molecule has 1 amide bonds. The number of carbonyl (C=O) groups excluding carboxylic acids is 1. The smallest absolute Gasteiger partial charge is 0.261 e. The summed E-state index contributed by atoms with van der Waals surface area (Å²) in [6.07, 6.45) is 0. The highest BCUT2D eigenvalue weighted by molar-refractivity contribution is 7.92. The molecule has 0 unspecified atom stereocenters. The first-order valence-electron chi connectivity index (χ1n) is 8.55. The highest BCUT2D eigenvalue weighted by Crippen LogP contribution is 2.28. The van der Waals surface area contributed by atoms with Gasteiger partial charge in [-0.15, -0.1) is 0 Å². The summed E-state index contributed by atoms with van der Waals surface area (Å²) in [6.45, 7) is 0. The number of aromatic hydroxyl groups is 1. The second-order valence-corrected chi connectivity index (χ2v) is 8.39. The number of hydrogen-bond donors (Lipinski definition) is 4. The van der Waals surface area contributed by atoms with E-state index >= 15 is 0 Å². The Balaban J connectivity index is 1.60. The number of amides is 1. The van der Waals surface area contributed by atoms with Crippen LogP contribution < -0.4 is 10.0 Å². The average molecular weight is 444 g/mol. The molecular formula is C19H14ClN5O4S. The number of aromatic nitrogens is 3. The summed E-state index contributed by atoms with van der Waals surface area (Å²) in [4.78, 5) is 12.4. The predicted molar refractivity (Wildman–Crippen MR) is 112 cm³/mol. The Kier molecular flexibility index (Phi) is 5.02. The van der Waals surface area contributed by atoms with Crippen LogP contribution in [-0.4, -0.2) is 34.8 Å². The highest BCUT2D eigenvalue weighted by Gasteiger charge is 2.18. The molecule has 4 N–H and O–H groups in total. The lowest BCUT2D eigenvalue weighted by molar-refractivity contribution is 0.102. The normalized spacial score (nSPS) is 11.4. The van der Waals surface area contributed by atoms with Gasteiger partial charge < -0.3 is 10.4 Å². The lowest BCUT2D eigenvalue weighted by atomic mass is 10.2. The Hall–Kier alpha value is -3.63. The largest absolute Gasteiger partial charge is 0.506 e. The van der Waals surface area contributed by atoms with E-state index in [0.29, 0.717) is 16.1 Å². The second-order valence-electron chi connectivity index (χ2n) is 6.28. The van der Waals surface area contributed by atoms with Gasteiger partial charge in [0.15, 0.2) is 0 Å². The van der Waals surface area contributed by atoms with E-state index in [1.54, 1.807) is 30.3 Å². The number of phenols is 1. The number of rotatable bonds is 5. The first-order chi connectivity index (χ1) is 14.3. The summed E-state index contributed by atoms with van der Waals surface area (Å²) < 4.78 is 27.8. The zero-order chi connectivity index (χ0) is 21.3. The third-order valence-corrected chi connectivity index (χ3v) is 5.80. The number of H-pyrrole nitrogens is 1. The quantitative estimate of drug-likeness (QED) is 0.349. The highest BCUT2D eigenvalue weighted by atomic mass is 35.5. The molecule has 9 nitrogen and oxygen atoms in total. The van der Waals surface area contributed by atoms with E-state index in [-0.39, 0.29) is 27.6 Å². The first kappa shape index (κ1) is 19.7. The van der Waals surface area contributed by atoms with Crippen LogP contribution in [0.2, 0.25) is 5.02 Å². The van der Waals surface area contributed by atoms with Crippen molar-refractivity contribution in [2.45, 2.75) is 4.90 Å². The minimum atomic E-state index is -3.98. The zero-order valence-electron chi connectivity index (χ0n) is 15.1. The number of halogens is 1. The van der Waals surface area contributed by atoms with Crippen molar-refractivity contribution in [3.63, 3.8) is 0 Å². The fourth-order valence-electron chi connectivity index (χ4n) is 2.72. The molecule has 11 heteroatoms. The molecule has 0 spiro atoms. The van der Waals surface area contributed by atoms with Crippen molar-refractivity contribution in [3.05, 3.63) is 71.2 Å². The van der Waals surface area contributed by atoms with Crippen LogP contribution in [0.15, 0.2) is 65.6 Å². The number of carbonyl (C=O) groups is 1. The maximum absolute atomic E-state index is 12.7. The van der Waals surface area contributed by atoms with Crippen LogP contribution >= 0.6 is 11.6 Å². The Bertz CT molecular complexity index is 1370. The number of fused-ring (bicyclic) bond motifs is 1. The van der Waals surface area contributed by atoms with E-state index in [0.717, 1.165) is 6.07 Å². The van der Waals surface area contributed by atoms with Gasteiger partial charge in [-0.1, -0.05) is 17.7 Å². The van der Waals surface area contributed by atoms with Crippen LogP contribution in [0.3, 0.4) is 0 Å². The van der Waals surface area contributed by atoms with E-state index in [2.05, 4.69) is 25.4 Å². The summed E-state index contributed by atoms with van der Waals surface area (Å²) in [5.74, 6) is -0.833. The Morgan fingerprint density at radius 2 is 1.80 bits per heavy atom. The van der Waals surface area contributed by atoms with Gasteiger partial charge in [0.2, 0.25) is 0 Å². The van der Waals surface area contributed by atoms with Crippen LogP contribution in [0.4, 0.5) is 11.4 Å². The Labute approximate surface area is 175 Å². The molecule has 0 bridgehead atoms. The molecule has 0 saturated carbocycles. The first-order valence-corrected chi connectivity index (χ1v) is 10.4. The summed E-state index contributed by atoms with van der Waals surface area (Å²) in [5, 5.41) is 23.2. The zero-order valence-corrected chi connectivity index (χ0v) is 16.7. The van der Waals surface area contributed by atoms with Gasteiger partial charge in [-0.2, -0.15) is 15.4 Å². The number of aromatic amines is 1. The molecule has 152 valence electrons. The molecule has 0 aliphatic rings. The number of sulfonamides is 1. The third-order valence-electron chi connectivity index (χ3n) is 4.18. The van der Waals surface area contributed by atoms with E-state index in [1.165, 1.54) is 24.3 Å². The molecule has 0 atom stereocenters. The molecule has 3 aromatic carbocycles. The second kappa shape index (κ2) is 7.65. The monoisotopic (exact) mass is 443 g/mol. The number of benzene rings is 3. The lowest BCUT2D eigenvalue weighted by Crippen LogP contribution is -2.15. The van der Waals surface area contributed by atoms with Crippen molar-refractivity contribution in [2.24, 2.45) is 0 Å². The van der Waals surface area contributed by atoms with Gasteiger partial charge in [0, 0.05) is 10.6 Å². The van der Waals surface area contributed by atoms with Crippen molar-refractivity contribution < 1.29 is 18.3 Å². The number of anilines is 2. The summed E-state index contributed by atoms with van der Waals surface area (Å²) in [6, 6.07) is 14.5. The fourth-order valence-corrected chi connectivity index (χ4v) is 3.99. The molecule has 0 saturated heterocycles. The van der Waals surface area contributed by atoms with Gasteiger partial charge >= 0.3 is 0 Å². The van der Waals surface area contributed by atoms with Crippen molar-refractivity contribution in [3.8, 4) is 5.75 Å². The molecule has 4 aromatic rings. The Morgan fingerprint density at radius 3 is 2.60 bits per heavy atom. The van der Waals surface area contributed by atoms with E-state index in [1.807, 2.05) is 0 Å². The van der Waals surface area contributed by atoms with Gasteiger partial charge in [-0.25, -0.2) is 8.42 Å². The third kappa shape index (κ3) is 4.04. The maximum atomic E-state index is 12.7. The molecule has 4 rings (SSSR count). The van der Waals surface area contributed by atoms with E-state index in [4.69, 9.17) is 11.6 Å². The van der Waals surface area contributed by atoms with Crippen molar-refractivity contribution in [1.29, 1.82) is 0 Å². The van der Waals surface area contributed by atoms with Gasteiger partial charge in [0.25, 0.3) is 15.9 Å². The Morgan fingerprint density at radius 1 is 1.00 bits per heavy atom. The van der Waals surface area contributed by atoms with Crippen molar-refractivity contribution >= 4 is 49.9 Å². The van der Waals surface area contributed by atoms with Crippen molar-refractivity contribution in [1.82, 2.24) is 15.4 Å². The van der Waals surface area contributed by atoms with Crippen LogP contribution in [0.5, 0.6) is 5.75 Å².